The molecule has 1 aromatic carbocycles. The normalized spacial score (nSPS) is 21.8. The van der Waals surface area contributed by atoms with Gasteiger partial charge in [-0.05, 0) is 44.7 Å². The Morgan fingerprint density at radius 3 is 2.58 bits per heavy atom. The first-order valence-electron chi connectivity index (χ1n) is 8.87. The fourth-order valence-electron chi connectivity index (χ4n) is 3.42. The summed E-state index contributed by atoms with van der Waals surface area (Å²) in [5, 5.41) is 5.68. The van der Waals surface area contributed by atoms with Crippen LogP contribution in [0.25, 0.3) is 0 Å². The minimum atomic E-state index is -0.185. The Labute approximate surface area is 144 Å². The highest BCUT2D eigenvalue weighted by atomic mass is 16.2. The molecule has 1 fully saturated rings. The van der Waals surface area contributed by atoms with E-state index in [1.165, 1.54) is 17.7 Å². The number of aryl methyl sites for hydroxylation is 2. The maximum Gasteiger partial charge on any atom is 0.278 e. The molecule has 3 atom stereocenters. The third-order valence-corrected chi connectivity index (χ3v) is 4.98. The van der Waals surface area contributed by atoms with E-state index in [0.29, 0.717) is 5.92 Å². The summed E-state index contributed by atoms with van der Waals surface area (Å²) in [6.45, 7) is 10.2. The number of likely N-dealkylation sites (tertiary alicyclic amines) is 1. The van der Waals surface area contributed by atoms with E-state index >= 15 is 0 Å². The number of carbonyl (C=O) groups is 2. The van der Waals surface area contributed by atoms with Crippen LogP contribution in [0.3, 0.4) is 0 Å². The van der Waals surface area contributed by atoms with Crippen LogP contribution < -0.4 is 15.5 Å². The minimum Gasteiger partial charge on any atom is -0.342 e. The van der Waals surface area contributed by atoms with Gasteiger partial charge in [-0.2, -0.15) is 0 Å². The topological polar surface area (TPSA) is 62.6 Å². The summed E-state index contributed by atoms with van der Waals surface area (Å²) in [6, 6.07) is 5.78. The molecule has 2 rings (SSSR count). The Hall–Kier alpha value is -1.88. The molecule has 0 bridgehead atoms. The van der Waals surface area contributed by atoms with Crippen LogP contribution in [0.4, 0.5) is 5.69 Å². The molecule has 1 unspecified atom stereocenters. The first-order valence-corrected chi connectivity index (χ1v) is 8.87. The van der Waals surface area contributed by atoms with Gasteiger partial charge in [0, 0.05) is 11.6 Å². The fourth-order valence-corrected chi connectivity index (χ4v) is 3.42. The maximum absolute atomic E-state index is 12.3. The lowest BCUT2D eigenvalue weighted by Crippen LogP contribution is -3.18. The van der Waals surface area contributed by atoms with Crippen LogP contribution in [0.2, 0.25) is 0 Å². The van der Waals surface area contributed by atoms with Crippen LogP contribution in [0.1, 0.15) is 37.8 Å². The lowest BCUT2D eigenvalue weighted by atomic mass is 9.99. The predicted molar refractivity (Wildman–Crippen MR) is 96.1 cm³/mol. The van der Waals surface area contributed by atoms with Crippen LogP contribution in [0.5, 0.6) is 0 Å². The zero-order chi connectivity index (χ0) is 17.7. The molecule has 24 heavy (non-hydrogen) atoms. The molecular formula is C19H30N3O2+. The van der Waals surface area contributed by atoms with Gasteiger partial charge in [0.05, 0.1) is 19.6 Å². The number of carbonyl (C=O) groups excluding carboxylic acids is 2. The number of nitrogens with one attached hydrogen (secondary N) is 3. The quantitative estimate of drug-likeness (QED) is 0.755. The van der Waals surface area contributed by atoms with E-state index in [0.717, 1.165) is 29.9 Å². The molecule has 0 aromatic heterocycles. The molecule has 1 aromatic rings. The van der Waals surface area contributed by atoms with Gasteiger partial charge < -0.3 is 15.5 Å². The lowest BCUT2D eigenvalue weighted by Gasteiger charge is -2.31. The van der Waals surface area contributed by atoms with Crippen molar-refractivity contribution < 1.29 is 14.5 Å². The SMILES string of the molecule is Cc1cccc(C)c1NC(=O)CNC(=O)[C@@H](C)[NH+]1CCC[C@H](C)C1. The van der Waals surface area contributed by atoms with Crippen LogP contribution >= 0.6 is 0 Å². The van der Waals surface area contributed by atoms with Gasteiger partial charge in [0.25, 0.3) is 5.91 Å². The molecule has 1 heterocycles. The molecule has 0 spiro atoms. The molecule has 3 N–H and O–H groups in total. The molecule has 5 heteroatoms. The highest BCUT2D eigenvalue weighted by Gasteiger charge is 2.29. The number of para-hydroxylation sites is 1. The standard InChI is InChI=1S/C19H29N3O2/c1-13-7-6-10-22(12-13)16(4)19(24)20-11-17(23)21-18-14(2)8-5-9-15(18)3/h5,8-9,13,16H,6-7,10-12H2,1-4H3,(H,20,24)(H,21,23)/p+1/t13-,16+/m0/s1. The molecule has 0 saturated carbocycles. The Balaban J connectivity index is 1.83. The van der Waals surface area contributed by atoms with Crippen molar-refractivity contribution in [2.75, 3.05) is 25.0 Å². The molecule has 5 nitrogen and oxygen atoms in total. The van der Waals surface area contributed by atoms with Crippen LogP contribution in [-0.4, -0.2) is 37.5 Å². The molecule has 0 aliphatic carbocycles. The van der Waals surface area contributed by atoms with Crippen molar-refractivity contribution in [3.8, 4) is 0 Å². The first kappa shape index (κ1) is 18.5. The summed E-state index contributed by atoms with van der Waals surface area (Å²) >= 11 is 0. The number of rotatable bonds is 5. The van der Waals surface area contributed by atoms with E-state index in [-0.39, 0.29) is 24.4 Å². The van der Waals surface area contributed by atoms with Crippen molar-refractivity contribution in [1.29, 1.82) is 0 Å². The summed E-state index contributed by atoms with van der Waals surface area (Å²) in [6.07, 6.45) is 2.41. The minimum absolute atomic E-state index is 0.0137. The molecule has 1 aliphatic rings. The van der Waals surface area contributed by atoms with Gasteiger partial charge in [0.1, 0.15) is 0 Å². The van der Waals surface area contributed by atoms with Gasteiger partial charge in [-0.15, -0.1) is 0 Å². The number of amides is 2. The number of hydrogen-bond donors (Lipinski definition) is 3. The summed E-state index contributed by atoms with van der Waals surface area (Å²) in [5.74, 6) is 0.432. The second-order valence-electron chi connectivity index (χ2n) is 7.11. The van der Waals surface area contributed by atoms with Crippen molar-refractivity contribution >= 4 is 17.5 Å². The van der Waals surface area contributed by atoms with E-state index in [1.54, 1.807) is 0 Å². The Morgan fingerprint density at radius 1 is 1.29 bits per heavy atom. The first-order chi connectivity index (χ1) is 11.4. The average Bonchev–Trinajstić information content (AvgIpc) is 2.55. The maximum atomic E-state index is 12.3. The number of anilines is 1. The van der Waals surface area contributed by atoms with E-state index in [2.05, 4.69) is 17.6 Å². The second-order valence-corrected chi connectivity index (χ2v) is 7.11. The monoisotopic (exact) mass is 332 g/mol. The van der Waals surface area contributed by atoms with Crippen molar-refractivity contribution in [2.45, 2.75) is 46.6 Å². The van der Waals surface area contributed by atoms with Gasteiger partial charge in [0.2, 0.25) is 5.91 Å². The Bertz CT molecular complexity index is 580. The van der Waals surface area contributed by atoms with Gasteiger partial charge in [0.15, 0.2) is 6.04 Å². The summed E-state index contributed by atoms with van der Waals surface area (Å²) in [7, 11) is 0. The molecule has 1 saturated heterocycles. The van der Waals surface area contributed by atoms with Crippen molar-refractivity contribution in [1.82, 2.24) is 5.32 Å². The van der Waals surface area contributed by atoms with Crippen molar-refractivity contribution in [3.05, 3.63) is 29.3 Å². The van der Waals surface area contributed by atoms with Gasteiger partial charge >= 0.3 is 0 Å². The molecule has 2 amide bonds. The van der Waals surface area contributed by atoms with Crippen LogP contribution in [0, 0.1) is 19.8 Å². The summed E-state index contributed by atoms with van der Waals surface area (Å²) in [4.78, 5) is 25.8. The zero-order valence-corrected chi connectivity index (χ0v) is 15.2. The number of piperidine rings is 1. The van der Waals surface area contributed by atoms with Crippen molar-refractivity contribution in [2.24, 2.45) is 5.92 Å². The number of quaternary nitrogens is 1. The lowest BCUT2D eigenvalue weighted by molar-refractivity contribution is -0.922. The Morgan fingerprint density at radius 2 is 1.96 bits per heavy atom. The highest BCUT2D eigenvalue weighted by molar-refractivity contribution is 5.96. The molecular weight excluding hydrogens is 302 g/mol. The van der Waals surface area contributed by atoms with Gasteiger partial charge in [-0.3, -0.25) is 9.59 Å². The van der Waals surface area contributed by atoms with Crippen LogP contribution in [-0.2, 0) is 9.59 Å². The Kier molecular flexibility index (Phi) is 6.37. The summed E-state index contributed by atoms with van der Waals surface area (Å²) < 4.78 is 0. The third-order valence-electron chi connectivity index (χ3n) is 4.98. The molecule has 1 aliphatic heterocycles. The van der Waals surface area contributed by atoms with Gasteiger partial charge in [-0.1, -0.05) is 25.1 Å². The van der Waals surface area contributed by atoms with E-state index in [9.17, 15) is 9.59 Å². The number of hydrogen-bond acceptors (Lipinski definition) is 2. The van der Waals surface area contributed by atoms with Gasteiger partial charge in [-0.25, -0.2) is 0 Å². The van der Waals surface area contributed by atoms with E-state index < -0.39 is 0 Å². The van der Waals surface area contributed by atoms with Crippen LogP contribution in [0.15, 0.2) is 18.2 Å². The average molecular weight is 332 g/mol. The largest absolute Gasteiger partial charge is 0.342 e. The highest BCUT2D eigenvalue weighted by Crippen LogP contribution is 2.18. The number of benzene rings is 1. The molecule has 0 radical (unpaired) electrons. The summed E-state index contributed by atoms with van der Waals surface area (Å²) in [5.41, 5.74) is 2.88. The fraction of sp³-hybridized carbons (Fsp3) is 0.579. The third kappa shape index (κ3) is 4.81. The van der Waals surface area contributed by atoms with Crippen molar-refractivity contribution in [3.63, 3.8) is 0 Å². The molecule has 132 valence electrons. The second kappa shape index (κ2) is 8.29. The van der Waals surface area contributed by atoms with E-state index in [4.69, 9.17) is 0 Å². The predicted octanol–water partition coefficient (Wildman–Crippen LogP) is 1.06. The smallest absolute Gasteiger partial charge is 0.278 e. The van der Waals surface area contributed by atoms with E-state index in [1.807, 2.05) is 39.0 Å². The zero-order valence-electron chi connectivity index (χ0n) is 15.2.